The Morgan fingerprint density at radius 2 is 1.33 bits per heavy atom. The van der Waals surface area contributed by atoms with Crippen LogP contribution in [0.4, 0.5) is 0 Å². The van der Waals surface area contributed by atoms with Gasteiger partial charge in [0.15, 0.2) is 0 Å². The van der Waals surface area contributed by atoms with Crippen molar-refractivity contribution in [3.8, 4) is 0 Å². The van der Waals surface area contributed by atoms with E-state index < -0.39 is 0 Å². The summed E-state index contributed by atoms with van der Waals surface area (Å²) in [7, 11) is 0. The normalized spacial score (nSPS) is 12.5. The lowest BCUT2D eigenvalue weighted by Crippen LogP contribution is -2.30. The Hall–Kier alpha value is -1.31. The number of hydrogen-bond donors (Lipinski definition) is 0. The molecule has 1 unspecified atom stereocenters. The van der Waals surface area contributed by atoms with E-state index in [1.54, 1.807) is 0 Å². The van der Waals surface area contributed by atoms with Gasteiger partial charge in [-0.05, 0) is 17.5 Å². The molecule has 2 aromatic rings. The first-order valence-electron chi connectivity index (χ1n) is 7.75. The lowest BCUT2D eigenvalue weighted by atomic mass is 10.1. The number of halogens is 1. The molecule has 0 fully saturated rings. The van der Waals surface area contributed by atoms with Gasteiger partial charge in [0.25, 0.3) is 0 Å². The number of hydrogen-bond acceptors (Lipinski definition) is 1. The molecule has 0 amide bonds. The summed E-state index contributed by atoms with van der Waals surface area (Å²) in [4.78, 5) is 2.36. The molecule has 0 saturated heterocycles. The average molecular weight is 302 g/mol. The molecule has 2 heteroatoms. The Bertz CT molecular complexity index is 456. The summed E-state index contributed by atoms with van der Waals surface area (Å²) < 4.78 is 0. The third kappa shape index (κ3) is 5.53. The van der Waals surface area contributed by atoms with E-state index in [1.807, 2.05) is 0 Å². The molecule has 0 N–H and O–H groups in total. The molecule has 0 saturated carbocycles. The van der Waals surface area contributed by atoms with Crippen LogP contribution >= 0.6 is 11.6 Å². The molecule has 0 heterocycles. The second kappa shape index (κ2) is 8.86. The minimum atomic E-state index is 0.0883. The van der Waals surface area contributed by atoms with Gasteiger partial charge in [0.2, 0.25) is 0 Å². The van der Waals surface area contributed by atoms with Crippen LogP contribution in [0.3, 0.4) is 0 Å². The van der Waals surface area contributed by atoms with Crippen LogP contribution < -0.4 is 0 Å². The van der Waals surface area contributed by atoms with E-state index in [4.69, 9.17) is 11.6 Å². The molecule has 0 spiro atoms. The fourth-order valence-electron chi connectivity index (χ4n) is 2.45. The van der Waals surface area contributed by atoms with Gasteiger partial charge < -0.3 is 0 Å². The maximum atomic E-state index is 6.65. The van der Waals surface area contributed by atoms with Gasteiger partial charge in [-0.3, -0.25) is 4.90 Å². The van der Waals surface area contributed by atoms with Crippen LogP contribution in [0.25, 0.3) is 0 Å². The second-order valence-corrected chi connectivity index (χ2v) is 5.96. The van der Waals surface area contributed by atoms with Gasteiger partial charge in [-0.2, -0.15) is 0 Å². The molecular formula is C19H24ClN. The number of benzene rings is 2. The van der Waals surface area contributed by atoms with Crippen LogP contribution in [0.2, 0.25) is 0 Å². The van der Waals surface area contributed by atoms with E-state index >= 15 is 0 Å². The molecule has 1 atom stereocenters. The predicted molar refractivity (Wildman–Crippen MR) is 91.3 cm³/mol. The summed E-state index contributed by atoms with van der Waals surface area (Å²) in [6.45, 7) is 4.00. The Balaban J connectivity index is 2.06. The molecule has 0 aromatic heterocycles. The van der Waals surface area contributed by atoms with Gasteiger partial charge in [0, 0.05) is 13.1 Å². The van der Waals surface area contributed by atoms with Gasteiger partial charge >= 0.3 is 0 Å². The van der Waals surface area contributed by atoms with Crippen LogP contribution in [0.1, 0.15) is 37.3 Å². The van der Waals surface area contributed by atoms with Crippen molar-refractivity contribution in [3.63, 3.8) is 0 Å². The molecule has 21 heavy (non-hydrogen) atoms. The van der Waals surface area contributed by atoms with Gasteiger partial charge in [0.1, 0.15) is 0 Å². The predicted octanol–water partition coefficient (Wildman–Crippen LogP) is 5.44. The highest BCUT2D eigenvalue weighted by molar-refractivity contribution is 6.20. The van der Waals surface area contributed by atoms with Crippen LogP contribution in [0.5, 0.6) is 0 Å². The summed E-state index contributed by atoms with van der Waals surface area (Å²) in [6, 6.07) is 21.1. The summed E-state index contributed by atoms with van der Waals surface area (Å²) in [5, 5.41) is 0. The minimum absolute atomic E-state index is 0.0883. The third-order valence-electron chi connectivity index (χ3n) is 3.65. The topological polar surface area (TPSA) is 3.24 Å². The zero-order valence-electron chi connectivity index (χ0n) is 12.7. The van der Waals surface area contributed by atoms with Crippen molar-refractivity contribution < 1.29 is 0 Å². The monoisotopic (exact) mass is 301 g/mol. The molecule has 2 aromatic carbocycles. The molecule has 0 radical (unpaired) electrons. The van der Waals surface area contributed by atoms with Crippen molar-refractivity contribution in [2.45, 2.75) is 44.8 Å². The molecule has 1 nitrogen and oxygen atoms in total. The van der Waals surface area contributed by atoms with Crippen molar-refractivity contribution >= 4 is 11.6 Å². The Morgan fingerprint density at radius 3 is 1.76 bits per heavy atom. The maximum absolute atomic E-state index is 6.65. The number of alkyl halides is 1. The maximum Gasteiger partial charge on any atom is 0.0856 e. The Labute approximate surface area is 133 Å². The fourth-order valence-corrected chi connectivity index (χ4v) is 2.74. The summed E-state index contributed by atoms with van der Waals surface area (Å²) in [5.74, 6) is 0. The Morgan fingerprint density at radius 1 is 0.857 bits per heavy atom. The molecule has 0 bridgehead atoms. The molecule has 0 aliphatic rings. The highest BCUT2D eigenvalue weighted by Gasteiger charge is 2.16. The van der Waals surface area contributed by atoms with Crippen molar-refractivity contribution in [1.82, 2.24) is 4.90 Å². The number of rotatable bonds is 8. The highest BCUT2D eigenvalue weighted by atomic mass is 35.5. The molecule has 112 valence electrons. The molecule has 2 rings (SSSR count). The quantitative estimate of drug-likeness (QED) is 0.463. The van der Waals surface area contributed by atoms with E-state index in [-0.39, 0.29) is 5.50 Å². The zero-order valence-corrected chi connectivity index (χ0v) is 13.5. The summed E-state index contributed by atoms with van der Waals surface area (Å²) in [6.07, 6.45) is 3.40. The van der Waals surface area contributed by atoms with Crippen molar-refractivity contribution in [1.29, 1.82) is 0 Å². The fraction of sp³-hybridized carbons (Fsp3) is 0.368. The van der Waals surface area contributed by atoms with Gasteiger partial charge in [0.05, 0.1) is 5.50 Å². The number of unbranched alkanes of at least 4 members (excludes halogenated alkanes) is 1. The lowest BCUT2D eigenvalue weighted by molar-refractivity contribution is 0.222. The molecule has 0 aliphatic carbocycles. The van der Waals surface area contributed by atoms with Crippen molar-refractivity contribution in [3.05, 3.63) is 71.8 Å². The van der Waals surface area contributed by atoms with E-state index in [2.05, 4.69) is 72.5 Å². The van der Waals surface area contributed by atoms with Crippen LogP contribution in [-0.2, 0) is 13.1 Å². The van der Waals surface area contributed by atoms with Crippen molar-refractivity contribution in [2.24, 2.45) is 0 Å². The van der Waals surface area contributed by atoms with E-state index in [1.165, 1.54) is 24.0 Å². The third-order valence-corrected chi connectivity index (χ3v) is 4.14. The first-order valence-corrected chi connectivity index (χ1v) is 8.19. The SMILES string of the molecule is CCCCC(Cl)N(Cc1ccccc1)Cc1ccccc1. The van der Waals surface area contributed by atoms with E-state index in [9.17, 15) is 0 Å². The smallest absolute Gasteiger partial charge is 0.0856 e. The van der Waals surface area contributed by atoms with Gasteiger partial charge in [-0.25, -0.2) is 0 Å². The summed E-state index contributed by atoms with van der Waals surface area (Å²) in [5.41, 5.74) is 2.72. The summed E-state index contributed by atoms with van der Waals surface area (Å²) >= 11 is 6.65. The minimum Gasteiger partial charge on any atom is -0.279 e. The highest BCUT2D eigenvalue weighted by Crippen LogP contribution is 2.19. The first kappa shape index (κ1) is 16.1. The van der Waals surface area contributed by atoms with E-state index in [0.717, 1.165) is 19.5 Å². The zero-order chi connectivity index (χ0) is 14.9. The van der Waals surface area contributed by atoms with Gasteiger partial charge in [-0.15, -0.1) is 11.6 Å². The van der Waals surface area contributed by atoms with Crippen LogP contribution in [0, 0.1) is 0 Å². The van der Waals surface area contributed by atoms with Crippen LogP contribution in [-0.4, -0.2) is 10.4 Å². The Kier molecular flexibility index (Phi) is 6.78. The van der Waals surface area contributed by atoms with E-state index in [0.29, 0.717) is 0 Å². The largest absolute Gasteiger partial charge is 0.279 e. The van der Waals surface area contributed by atoms with Crippen LogP contribution in [0.15, 0.2) is 60.7 Å². The average Bonchev–Trinajstić information content (AvgIpc) is 2.54. The van der Waals surface area contributed by atoms with Crippen molar-refractivity contribution in [2.75, 3.05) is 0 Å². The second-order valence-electron chi connectivity index (χ2n) is 5.45. The lowest BCUT2D eigenvalue weighted by Gasteiger charge is -2.27. The standard InChI is InChI=1S/C19H24ClN/c1-2-3-14-19(20)21(15-17-10-6-4-7-11-17)16-18-12-8-5-9-13-18/h4-13,19H,2-3,14-16H2,1H3. The molecular weight excluding hydrogens is 278 g/mol. The molecule has 0 aliphatic heterocycles. The number of nitrogens with zero attached hydrogens (tertiary/aromatic N) is 1. The first-order chi connectivity index (χ1) is 10.3. The van der Waals surface area contributed by atoms with Gasteiger partial charge in [-0.1, -0.05) is 80.4 Å².